The Morgan fingerprint density at radius 3 is 1.81 bits per heavy atom. The van der Waals surface area contributed by atoms with E-state index in [9.17, 15) is 18.8 Å². The third-order valence-electron chi connectivity index (χ3n) is 6.77. The lowest BCUT2D eigenvalue weighted by molar-refractivity contribution is -0.130. The second-order valence-electron chi connectivity index (χ2n) is 9.32. The largest absolute Gasteiger partial charge is 0.348 e. The summed E-state index contributed by atoms with van der Waals surface area (Å²) < 4.78 is 14.6. The van der Waals surface area contributed by atoms with Crippen LogP contribution >= 0.6 is 11.6 Å². The average Bonchev–Trinajstić information content (AvgIpc) is 2.90. The van der Waals surface area contributed by atoms with Crippen LogP contribution in [0.2, 0.25) is 5.02 Å². The maximum absolute atomic E-state index is 14.6. The standard InChI is InChI=1S/C29H28ClFN2O3/c1-32(2)25(34)18-33-16-22(28(35)19-10-5-3-6-11-19)26(21-14-9-15-24(31)27(21)30)23(17-33)29(36)20-12-7-4-8-13-20/h3-15,22-23,26H,16-18H2,1-2H3. The van der Waals surface area contributed by atoms with Gasteiger partial charge in [-0.15, -0.1) is 0 Å². The zero-order chi connectivity index (χ0) is 25.8. The summed E-state index contributed by atoms with van der Waals surface area (Å²) >= 11 is 6.45. The molecular weight excluding hydrogens is 479 g/mol. The summed E-state index contributed by atoms with van der Waals surface area (Å²) in [6.45, 7) is 0.542. The predicted octanol–water partition coefficient (Wildman–Crippen LogP) is 4.96. The van der Waals surface area contributed by atoms with Crippen LogP contribution in [0, 0.1) is 17.7 Å². The van der Waals surface area contributed by atoms with Crippen LogP contribution in [0.15, 0.2) is 78.9 Å². The number of hydrogen-bond donors (Lipinski definition) is 0. The summed E-state index contributed by atoms with van der Waals surface area (Å²) in [6.07, 6.45) is 0. The Hall–Kier alpha value is -3.35. The molecule has 0 bridgehead atoms. The lowest BCUT2D eigenvalue weighted by atomic mass is 9.68. The molecule has 0 saturated carbocycles. The van der Waals surface area contributed by atoms with Gasteiger partial charge in [0.2, 0.25) is 5.91 Å². The summed E-state index contributed by atoms with van der Waals surface area (Å²) in [5, 5.41) is -0.0861. The Bertz CT molecular complexity index is 1190. The smallest absolute Gasteiger partial charge is 0.236 e. The summed E-state index contributed by atoms with van der Waals surface area (Å²) in [4.78, 5) is 43.7. The monoisotopic (exact) mass is 506 g/mol. The van der Waals surface area contributed by atoms with Crippen LogP contribution in [0.1, 0.15) is 32.2 Å². The zero-order valence-corrected chi connectivity index (χ0v) is 21.0. The molecule has 1 heterocycles. The molecule has 0 N–H and O–H groups in total. The molecule has 1 fully saturated rings. The number of benzene rings is 3. The summed E-state index contributed by atoms with van der Waals surface area (Å²) in [6, 6.07) is 22.2. The van der Waals surface area contributed by atoms with Crippen molar-refractivity contribution >= 4 is 29.1 Å². The van der Waals surface area contributed by atoms with Gasteiger partial charge in [-0.05, 0) is 11.6 Å². The Kier molecular flexibility index (Phi) is 7.97. The van der Waals surface area contributed by atoms with Crippen LogP contribution in [0.25, 0.3) is 0 Å². The Labute approximate surface area is 215 Å². The Morgan fingerprint density at radius 1 is 0.833 bits per heavy atom. The van der Waals surface area contributed by atoms with Gasteiger partial charge < -0.3 is 4.90 Å². The van der Waals surface area contributed by atoms with E-state index in [0.29, 0.717) is 16.7 Å². The highest BCUT2D eigenvalue weighted by Gasteiger charge is 2.46. The van der Waals surface area contributed by atoms with E-state index >= 15 is 0 Å². The van der Waals surface area contributed by atoms with Crippen LogP contribution in [0.4, 0.5) is 4.39 Å². The molecule has 186 valence electrons. The number of piperidine rings is 1. The van der Waals surface area contributed by atoms with Crippen molar-refractivity contribution in [2.75, 3.05) is 33.7 Å². The maximum atomic E-state index is 14.6. The normalized spacial score (nSPS) is 20.1. The first-order chi connectivity index (χ1) is 17.3. The number of likely N-dealkylation sites (N-methyl/N-ethyl adjacent to an activating group) is 1. The quantitative estimate of drug-likeness (QED) is 0.425. The minimum Gasteiger partial charge on any atom is -0.348 e. The number of ketones is 2. The SMILES string of the molecule is CN(C)C(=O)CN1CC(C(=O)c2ccccc2)C(c2cccc(F)c2Cl)C(C(=O)c2ccccc2)C1. The second kappa shape index (κ2) is 11.1. The minimum atomic E-state index is -0.715. The molecule has 2 unspecified atom stereocenters. The zero-order valence-electron chi connectivity index (χ0n) is 20.2. The molecule has 0 spiro atoms. The lowest BCUT2D eigenvalue weighted by Gasteiger charge is -2.43. The summed E-state index contributed by atoms with van der Waals surface area (Å²) in [7, 11) is 3.33. The third kappa shape index (κ3) is 5.40. The topological polar surface area (TPSA) is 57.7 Å². The van der Waals surface area contributed by atoms with E-state index < -0.39 is 23.6 Å². The molecule has 1 aliphatic rings. The second-order valence-corrected chi connectivity index (χ2v) is 9.70. The van der Waals surface area contributed by atoms with Crippen LogP contribution in [0.3, 0.4) is 0 Å². The van der Waals surface area contributed by atoms with E-state index in [1.807, 2.05) is 17.0 Å². The van der Waals surface area contributed by atoms with Gasteiger partial charge in [0, 0.05) is 56.1 Å². The lowest BCUT2D eigenvalue weighted by Crippen LogP contribution is -2.52. The number of Topliss-reactive ketones (excluding diaryl/α,β-unsaturated/α-hetero) is 2. The van der Waals surface area contributed by atoms with E-state index in [-0.39, 0.29) is 42.1 Å². The summed E-state index contributed by atoms with van der Waals surface area (Å²) in [5.41, 5.74) is 1.41. The highest BCUT2D eigenvalue weighted by molar-refractivity contribution is 6.31. The van der Waals surface area contributed by atoms with E-state index in [2.05, 4.69) is 0 Å². The molecule has 2 atom stereocenters. The molecule has 1 saturated heterocycles. The molecule has 3 aromatic carbocycles. The van der Waals surface area contributed by atoms with Gasteiger partial charge in [0.25, 0.3) is 0 Å². The van der Waals surface area contributed by atoms with Gasteiger partial charge in [-0.1, -0.05) is 84.4 Å². The third-order valence-corrected chi connectivity index (χ3v) is 7.16. The number of rotatable bonds is 7. The molecule has 5 nitrogen and oxygen atoms in total. The van der Waals surface area contributed by atoms with Crippen LogP contribution in [0.5, 0.6) is 0 Å². The van der Waals surface area contributed by atoms with Crippen LogP contribution in [-0.2, 0) is 4.79 Å². The average molecular weight is 507 g/mol. The van der Waals surface area contributed by atoms with E-state index in [0.717, 1.165) is 0 Å². The maximum Gasteiger partial charge on any atom is 0.236 e. The molecule has 36 heavy (non-hydrogen) atoms. The van der Waals surface area contributed by atoms with Crippen molar-refractivity contribution in [3.05, 3.63) is 106 Å². The number of hydrogen-bond acceptors (Lipinski definition) is 4. The fourth-order valence-corrected chi connectivity index (χ4v) is 5.19. The fraction of sp³-hybridized carbons (Fsp3) is 0.276. The molecule has 7 heteroatoms. The number of amides is 1. The van der Waals surface area contributed by atoms with Crippen molar-refractivity contribution in [1.82, 2.24) is 9.80 Å². The van der Waals surface area contributed by atoms with Crippen LogP contribution < -0.4 is 0 Å². The molecule has 4 rings (SSSR count). The summed E-state index contributed by atoms with van der Waals surface area (Å²) in [5.74, 6) is -3.17. The molecule has 3 aromatic rings. The van der Waals surface area contributed by atoms with Crippen molar-refractivity contribution in [2.24, 2.45) is 11.8 Å². The molecule has 0 aliphatic carbocycles. The van der Waals surface area contributed by atoms with Crippen LogP contribution in [-0.4, -0.2) is 61.0 Å². The van der Waals surface area contributed by atoms with Crippen molar-refractivity contribution < 1.29 is 18.8 Å². The molecule has 0 aromatic heterocycles. The fourth-order valence-electron chi connectivity index (χ4n) is 4.94. The molecule has 1 aliphatic heterocycles. The number of carbonyl (C=O) groups excluding carboxylic acids is 3. The molecule has 0 radical (unpaired) electrons. The van der Waals surface area contributed by atoms with Crippen molar-refractivity contribution in [3.63, 3.8) is 0 Å². The Morgan fingerprint density at radius 2 is 1.33 bits per heavy atom. The van der Waals surface area contributed by atoms with Crippen molar-refractivity contribution in [1.29, 1.82) is 0 Å². The highest BCUT2D eigenvalue weighted by atomic mass is 35.5. The first-order valence-corrected chi connectivity index (χ1v) is 12.2. The number of likely N-dealkylation sites (tertiary alicyclic amines) is 1. The Balaban J connectivity index is 1.85. The van der Waals surface area contributed by atoms with Gasteiger partial charge in [0.15, 0.2) is 11.6 Å². The highest BCUT2D eigenvalue weighted by Crippen LogP contribution is 2.43. The van der Waals surface area contributed by atoms with Gasteiger partial charge in [0.05, 0.1) is 11.6 Å². The first-order valence-electron chi connectivity index (χ1n) is 11.8. The number of halogens is 2. The number of carbonyl (C=O) groups is 3. The van der Waals surface area contributed by atoms with Crippen molar-refractivity contribution in [2.45, 2.75) is 5.92 Å². The number of nitrogens with zero attached hydrogens (tertiary/aromatic N) is 2. The predicted molar refractivity (Wildman–Crippen MR) is 138 cm³/mol. The van der Waals surface area contributed by atoms with E-state index in [1.54, 1.807) is 74.8 Å². The van der Waals surface area contributed by atoms with Crippen molar-refractivity contribution in [3.8, 4) is 0 Å². The van der Waals surface area contributed by atoms with E-state index in [4.69, 9.17) is 11.6 Å². The van der Waals surface area contributed by atoms with Gasteiger partial charge >= 0.3 is 0 Å². The van der Waals surface area contributed by atoms with Gasteiger partial charge in [-0.2, -0.15) is 0 Å². The minimum absolute atomic E-state index is 0.0632. The first kappa shape index (κ1) is 25.7. The van der Waals surface area contributed by atoms with Gasteiger partial charge in [-0.3, -0.25) is 19.3 Å². The molecular formula is C29H28ClFN2O3. The van der Waals surface area contributed by atoms with Gasteiger partial charge in [-0.25, -0.2) is 4.39 Å². The molecule has 1 amide bonds. The van der Waals surface area contributed by atoms with E-state index in [1.165, 1.54) is 11.0 Å². The van der Waals surface area contributed by atoms with Gasteiger partial charge in [0.1, 0.15) is 5.82 Å².